The highest BCUT2D eigenvalue weighted by Crippen LogP contribution is 2.28. The van der Waals surface area contributed by atoms with E-state index in [1.165, 1.54) is 0 Å². The van der Waals surface area contributed by atoms with Gasteiger partial charge in [0.05, 0.1) is 36.2 Å². The number of rotatable bonds is 3. The second-order valence-electron chi connectivity index (χ2n) is 5.02. The molecule has 2 heterocycles. The molecule has 1 fully saturated rings. The molecule has 20 heavy (non-hydrogen) atoms. The molecule has 2 atom stereocenters. The first-order chi connectivity index (χ1) is 9.45. The van der Waals surface area contributed by atoms with Gasteiger partial charge < -0.3 is 14.7 Å². The Hall–Kier alpha value is -2.13. The Morgan fingerprint density at radius 1 is 1.55 bits per heavy atom. The van der Waals surface area contributed by atoms with Crippen LogP contribution < -0.4 is 4.90 Å². The molecule has 0 radical (unpaired) electrons. The van der Waals surface area contributed by atoms with E-state index in [-0.39, 0.29) is 12.6 Å². The summed E-state index contributed by atoms with van der Waals surface area (Å²) >= 11 is 0. The molecule has 0 aliphatic carbocycles. The van der Waals surface area contributed by atoms with Crippen molar-refractivity contribution in [2.45, 2.75) is 19.9 Å². The fourth-order valence-electron chi connectivity index (χ4n) is 2.56. The third-order valence-electron chi connectivity index (χ3n) is 3.66. The molecule has 0 aromatic carbocycles. The lowest BCUT2D eigenvalue weighted by atomic mass is 10.0. The van der Waals surface area contributed by atoms with Crippen molar-refractivity contribution < 1.29 is 14.6 Å². The van der Waals surface area contributed by atoms with Gasteiger partial charge in [0.1, 0.15) is 12.0 Å². The topological polar surface area (TPSA) is 86.5 Å². The van der Waals surface area contributed by atoms with Crippen LogP contribution in [0.15, 0.2) is 6.07 Å². The lowest BCUT2D eigenvalue weighted by Gasteiger charge is -2.29. The fraction of sp³-hybridized carbons (Fsp3) is 0.500. The van der Waals surface area contributed by atoms with Crippen LogP contribution in [0.2, 0.25) is 0 Å². The van der Waals surface area contributed by atoms with E-state index in [0.717, 1.165) is 5.69 Å². The summed E-state index contributed by atoms with van der Waals surface area (Å²) in [6.45, 7) is 4.18. The molecule has 1 aromatic heterocycles. The molecule has 0 spiro atoms. The van der Waals surface area contributed by atoms with Crippen LogP contribution in [0.5, 0.6) is 0 Å². The van der Waals surface area contributed by atoms with Gasteiger partial charge in [-0.3, -0.25) is 9.78 Å². The smallest absolute Gasteiger partial charge is 0.311 e. The van der Waals surface area contributed by atoms with E-state index in [1.807, 2.05) is 17.9 Å². The lowest BCUT2D eigenvalue weighted by Crippen LogP contribution is -2.41. The second kappa shape index (κ2) is 5.47. The molecule has 0 bridgehead atoms. The van der Waals surface area contributed by atoms with Crippen molar-refractivity contribution in [3.8, 4) is 6.07 Å². The maximum atomic E-state index is 11.3. The minimum Gasteiger partial charge on any atom is -0.481 e. The molecular weight excluding hydrogens is 258 g/mol. The first-order valence-electron chi connectivity index (χ1n) is 6.37. The number of aliphatic carboxylic acids is 1. The van der Waals surface area contributed by atoms with Gasteiger partial charge in [-0.25, -0.2) is 0 Å². The summed E-state index contributed by atoms with van der Waals surface area (Å²) in [5.41, 5.74) is 2.64. The molecular formula is C14H17N3O3. The molecule has 0 saturated carbocycles. The average molecular weight is 275 g/mol. The highest BCUT2D eigenvalue weighted by atomic mass is 16.5. The predicted octanol–water partition coefficient (Wildman–Crippen LogP) is 1.11. The van der Waals surface area contributed by atoms with Crippen molar-refractivity contribution in [1.29, 1.82) is 5.26 Å². The summed E-state index contributed by atoms with van der Waals surface area (Å²) in [5.74, 6) is -1.46. The molecule has 6 heteroatoms. The largest absolute Gasteiger partial charge is 0.481 e. The number of nitriles is 1. The fourth-order valence-corrected chi connectivity index (χ4v) is 2.56. The van der Waals surface area contributed by atoms with Crippen molar-refractivity contribution in [2.75, 3.05) is 25.2 Å². The number of carbonyl (C=O) groups is 1. The molecule has 0 amide bonds. The molecule has 1 aromatic rings. The van der Waals surface area contributed by atoms with Crippen molar-refractivity contribution in [3.63, 3.8) is 0 Å². The van der Waals surface area contributed by atoms with E-state index in [9.17, 15) is 15.2 Å². The number of hydrogen-bond donors (Lipinski definition) is 1. The Morgan fingerprint density at radius 3 is 2.85 bits per heavy atom. The number of hydrogen-bond acceptors (Lipinski definition) is 5. The Bertz CT molecular complexity index is 580. The van der Waals surface area contributed by atoms with Gasteiger partial charge >= 0.3 is 5.97 Å². The zero-order valence-corrected chi connectivity index (χ0v) is 11.8. The van der Waals surface area contributed by atoms with E-state index in [0.29, 0.717) is 23.6 Å². The molecule has 2 rings (SSSR count). The van der Waals surface area contributed by atoms with Gasteiger partial charge in [-0.05, 0) is 19.9 Å². The number of pyridine rings is 1. The van der Waals surface area contributed by atoms with Crippen molar-refractivity contribution in [3.05, 3.63) is 23.0 Å². The summed E-state index contributed by atoms with van der Waals surface area (Å²) in [6.07, 6.45) is 0. The van der Waals surface area contributed by atoms with Crippen LogP contribution in [0, 0.1) is 31.1 Å². The van der Waals surface area contributed by atoms with Crippen LogP contribution in [0.4, 0.5) is 5.69 Å². The number of anilines is 1. The Labute approximate surface area is 117 Å². The van der Waals surface area contributed by atoms with E-state index < -0.39 is 11.9 Å². The Morgan fingerprint density at radius 2 is 2.25 bits per heavy atom. The van der Waals surface area contributed by atoms with Gasteiger partial charge in [-0.15, -0.1) is 0 Å². The molecule has 1 saturated heterocycles. The number of likely N-dealkylation sites (N-methyl/N-ethyl adjacent to an activating group) is 1. The number of nitrogens with zero attached hydrogens (tertiary/aromatic N) is 3. The number of carboxylic acids is 1. The summed E-state index contributed by atoms with van der Waals surface area (Å²) in [7, 11) is 1.80. The zero-order chi connectivity index (χ0) is 14.9. The van der Waals surface area contributed by atoms with Crippen LogP contribution in [-0.2, 0) is 9.53 Å². The highest BCUT2D eigenvalue weighted by molar-refractivity contribution is 5.73. The minimum atomic E-state index is -0.875. The number of aromatic nitrogens is 1. The quantitative estimate of drug-likeness (QED) is 0.889. The normalized spacial score (nSPS) is 21.5. The Kier molecular flexibility index (Phi) is 3.91. The van der Waals surface area contributed by atoms with Gasteiger partial charge in [-0.1, -0.05) is 0 Å². The molecule has 2 unspecified atom stereocenters. The Balaban J connectivity index is 2.41. The van der Waals surface area contributed by atoms with Crippen LogP contribution in [0.3, 0.4) is 0 Å². The number of carboxylic acid groups (broad SMARTS) is 1. The number of ether oxygens (including phenoxy) is 1. The highest BCUT2D eigenvalue weighted by Gasteiger charge is 2.37. The lowest BCUT2D eigenvalue weighted by molar-refractivity contribution is -0.141. The first kappa shape index (κ1) is 14.3. The number of aryl methyl sites for hydroxylation is 2. The summed E-state index contributed by atoms with van der Waals surface area (Å²) in [5, 5.41) is 18.5. The zero-order valence-electron chi connectivity index (χ0n) is 11.8. The molecule has 1 aliphatic heterocycles. The maximum absolute atomic E-state index is 11.3. The van der Waals surface area contributed by atoms with Crippen LogP contribution in [0.25, 0.3) is 0 Å². The molecule has 6 nitrogen and oxygen atoms in total. The second-order valence-corrected chi connectivity index (χ2v) is 5.02. The van der Waals surface area contributed by atoms with Gasteiger partial charge in [0.15, 0.2) is 0 Å². The van der Waals surface area contributed by atoms with E-state index in [4.69, 9.17) is 4.74 Å². The SMILES string of the molecule is Cc1cc(N(C)C2COCC2C(=O)O)c(C#N)c(C)n1. The van der Waals surface area contributed by atoms with Gasteiger partial charge in [0.2, 0.25) is 0 Å². The van der Waals surface area contributed by atoms with Gasteiger partial charge in [-0.2, -0.15) is 5.26 Å². The maximum Gasteiger partial charge on any atom is 0.311 e. The molecule has 1 aliphatic rings. The van der Waals surface area contributed by atoms with Crippen LogP contribution in [-0.4, -0.2) is 42.4 Å². The standard InChI is InChI=1S/C14H17N3O3/c1-8-4-12(10(5-15)9(2)16-8)17(3)13-7-20-6-11(13)14(18)19/h4,11,13H,6-7H2,1-3H3,(H,18,19). The third-order valence-corrected chi connectivity index (χ3v) is 3.66. The third kappa shape index (κ3) is 2.45. The predicted molar refractivity (Wildman–Crippen MR) is 72.6 cm³/mol. The van der Waals surface area contributed by atoms with E-state index >= 15 is 0 Å². The monoisotopic (exact) mass is 275 g/mol. The van der Waals surface area contributed by atoms with Gasteiger partial charge in [0, 0.05) is 12.7 Å². The van der Waals surface area contributed by atoms with Crippen molar-refractivity contribution >= 4 is 11.7 Å². The molecule has 1 N–H and O–H groups in total. The van der Waals surface area contributed by atoms with Gasteiger partial charge in [0.25, 0.3) is 0 Å². The van der Waals surface area contributed by atoms with Crippen LogP contribution in [0.1, 0.15) is 17.0 Å². The summed E-state index contributed by atoms with van der Waals surface area (Å²) < 4.78 is 5.29. The first-order valence-corrected chi connectivity index (χ1v) is 6.37. The summed E-state index contributed by atoms with van der Waals surface area (Å²) in [6, 6.07) is 3.68. The van der Waals surface area contributed by atoms with Crippen LogP contribution >= 0.6 is 0 Å². The van der Waals surface area contributed by atoms with E-state index in [1.54, 1.807) is 14.0 Å². The average Bonchev–Trinajstić information content (AvgIpc) is 2.86. The van der Waals surface area contributed by atoms with E-state index in [2.05, 4.69) is 11.1 Å². The van der Waals surface area contributed by atoms with Crippen molar-refractivity contribution in [1.82, 2.24) is 4.98 Å². The minimum absolute atomic E-state index is 0.204. The summed E-state index contributed by atoms with van der Waals surface area (Å²) in [4.78, 5) is 17.3. The van der Waals surface area contributed by atoms with Crippen molar-refractivity contribution in [2.24, 2.45) is 5.92 Å². The molecule has 106 valence electrons.